The van der Waals surface area contributed by atoms with Crippen molar-refractivity contribution in [1.29, 1.82) is 0 Å². The fourth-order valence-electron chi connectivity index (χ4n) is 3.17. The molecule has 0 amide bonds. The first kappa shape index (κ1) is 17.8. The largest absolute Gasteiger partial charge is 0.396 e. The zero-order valence-corrected chi connectivity index (χ0v) is 15.3. The maximum absolute atomic E-state index is 12.9. The summed E-state index contributed by atoms with van der Waals surface area (Å²) in [5, 5.41) is 9.42. The van der Waals surface area contributed by atoms with Crippen LogP contribution < -0.4 is 0 Å². The molecule has 0 saturated heterocycles. The van der Waals surface area contributed by atoms with Crippen LogP contribution in [-0.4, -0.2) is 45.5 Å². The third-order valence-corrected chi connectivity index (χ3v) is 4.95. The molecule has 2 aromatic rings. The van der Waals surface area contributed by atoms with E-state index in [1.807, 2.05) is 44.2 Å². The second-order valence-corrected chi connectivity index (χ2v) is 7.73. The fraction of sp³-hybridized carbons (Fsp3) is 0.500. The third kappa shape index (κ3) is 3.83. The highest BCUT2D eigenvalue weighted by molar-refractivity contribution is 5.96. The predicted molar refractivity (Wildman–Crippen MR) is 98.4 cm³/mol. The number of hydrogen-bond donors (Lipinski definition) is 1. The molecular formula is C20H27N3O2. The van der Waals surface area contributed by atoms with Crippen molar-refractivity contribution in [3.05, 3.63) is 41.7 Å². The van der Waals surface area contributed by atoms with Crippen molar-refractivity contribution in [3.63, 3.8) is 0 Å². The first-order valence-electron chi connectivity index (χ1n) is 8.89. The van der Waals surface area contributed by atoms with Gasteiger partial charge in [0, 0.05) is 38.2 Å². The van der Waals surface area contributed by atoms with Crippen LogP contribution in [0.1, 0.15) is 42.9 Å². The average Bonchev–Trinajstić information content (AvgIpc) is 2.99. The average molecular weight is 341 g/mol. The predicted octanol–water partition coefficient (Wildman–Crippen LogP) is 2.98. The second kappa shape index (κ2) is 7.10. The minimum Gasteiger partial charge on any atom is -0.396 e. The van der Waals surface area contributed by atoms with E-state index in [-0.39, 0.29) is 17.8 Å². The summed E-state index contributed by atoms with van der Waals surface area (Å²) in [6, 6.07) is 10.1. The van der Waals surface area contributed by atoms with E-state index in [0.29, 0.717) is 18.5 Å². The molecule has 5 heteroatoms. The Kier molecular flexibility index (Phi) is 5.06. The summed E-state index contributed by atoms with van der Waals surface area (Å²) in [5.41, 5.74) is 2.41. The number of ketones is 1. The molecule has 5 nitrogen and oxygen atoms in total. The normalized spacial score (nSPS) is 15.2. The standard InChI is InChI=1S/C20H27N3O2/c1-20(2,14-24)10-9-17(25)18-16-13-22(3)11-12-23(16)19(21-18)15-7-5-4-6-8-15/h4-8,24H,9-14H2,1-3H3. The summed E-state index contributed by atoms with van der Waals surface area (Å²) >= 11 is 0. The molecule has 0 aliphatic carbocycles. The van der Waals surface area contributed by atoms with Gasteiger partial charge in [0.2, 0.25) is 0 Å². The Morgan fingerprint density at radius 2 is 1.96 bits per heavy atom. The number of fused-ring (bicyclic) bond motifs is 1. The summed E-state index contributed by atoms with van der Waals surface area (Å²) < 4.78 is 2.19. The van der Waals surface area contributed by atoms with Gasteiger partial charge in [-0.25, -0.2) is 4.98 Å². The monoisotopic (exact) mass is 341 g/mol. The van der Waals surface area contributed by atoms with Crippen LogP contribution in [0, 0.1) is 5.41 Å². The molecule has 0 radical (unpaired) electrons. The number of likely N-dealkylation sites (N-methyl/N-ethyl adjacent to an activating group) is 1. The quantitative estimate of drug-likeness (QED) is 0.821. The molecule has 0 unspecified atom stereocenters. The Morgan fingerprint density at radius 1 is 1.24 bits per heavy atom. The molecule has 25 heavy (non-hydrogen) atoms. The molecule has 1 N–H and O–H groups in total. The number of carbonyl (C=O) groups excluding carboxylic acids is 1. The van der Waals surface area contributed by atoms with E-state index in [9.17, 15) is 9.90 Å². The van der Waals surface area contributed by atoms with Gasteiger partial charge in [-0.05, 0) is 18.9 Å². The van der Waals surface area contributed by atoms with Crippen LogP contribution >= 0.6 is 0 Å². The van der Waals surface area contributed by atoms with Crippen molar-refractivity contribution in [2.45, 2.75) is 39.8 Å². The number of nitrogens with zero attached hydrogens (tertiary/aromatic N) is 3. The van der Waals surface area contributed by atoms with E-state index < -0.39 is 0 Å². The number of Topliss-reactive ketones (excluding diaryl/α,β-unsaturated/α-hetero) is 1. The number of aliphatic hydroxyl groups is 1. The van der Waals surface area contributed by atoms with Crippen molar-refractivity contribution >= 4 is 5.78 Å². The Labute approximate surface area is 149 Å². The van der Waals surface area contributed by atoms with Crippen molar-refractivity contribution in [3.8, 4) is 11.4 Å². The zero-order chi connectivity index (χ0) is 18.0. The zero-order valence-electron chi connectivity index (χ0n) is 15.3. The van der Waals surface area contributed by atoms with Gasteiger partial charge in [-0.1, -0.05) is 44.2 Å². The van der Waals surface area contributed by atoms with Crippen molar-refractivity contribution in [2.24, 2.45) is 5.41 Å². The van der Waals surface area contributed by atoms with Gasteiger partial charge in [0.15, 0.2) is 5.78 Å². The molecule has 1 aliphatic rings. The molecule has 0 atom stereocenters. The Hall–Kier alpha value is -1.98. The van der Waals surface area contributed by atoms with Crippen LogP contribution in [0.4, 0.5) is 0 Å². The van der Waals surface area contributed by atoms with Crippen molar-refractivity contribution in [2.75, 3.05) is 20.2 Å². The lowest BCUT2D eigenvalue weighted by Gasteiger charge is -2.26. The molecule has 0 fully saturated rings. The first-order chi connectivity index (χ1) is 11.9. The number of aliphatic hydroxyl groups excluding tert-OH is 1. The van der Waals surface area contributed by atoms with E-state index >= 15 is 0 Å². The van der Waals surface area contributed by atoms with Gasteiger partial charge < -0.3 is 9.67 Å². The van der Waals surface area contributed by atoms with Crippen LogP contribution in [0.15, 0.2) is 30.3 Å². The van der Waals surface area contributed by atoms with Crippen LogP contribution in [0.3, 0.4) is 0 Å². The van der Waals surface area contributed by atoms with Gasteiger partial charge in [-0.15, -0.1) is 0 Å². The maximum atomic E-state index is 12.9. The van der Waals surface area contributed by atoms with E-state index in [1.165, 1.54) is 0 Å². The Bertz CT molecular complexity index is 750. The van der Waals surface area contributed by atoms with Gasteiger partial charge in [0.25, 0.3) is 0 Å². The lowest BCUT2D eigenvalue weighted by atomic mass is 9.87. The van der Waals surface area contributed by atoms with Crippen LogP contribution in [0.2, 0.25) is 0 Å². The third-order valence-electron chi connectivity index (χ3n) is 4.95. The lowest BCUT2D eigenvalue weighted by Crippen LogP contribution is -2.31. The molecule has 1 aliphatic heterocycles. The maximum Gasteiger partial charge on any atom is 0.183 e. The summed E-state index contributed by atoms with van der Waals surface area (Å²) in [7, 11) is 2.07. The topological polar surface area (TPSA) is 58.4 Å². The molecule has 0 bridgehead atoms. The van der Waals surface area contributed by atoms with Gasteiger partial charge in [0.05, 0.1) is 5.69 Å². The van der Waals surface area contributed by atoms with Gasteiger partial charge >= 0.3 is 0 Å². The van der Waals surface area contributed by atoms with Gasteiger partial charge in [-0.2, -0.15) is 0 Å². The highest BCUT2D eigenvalue weighted by atomic mass is 16.3. The Morgan fingerprint density at radius 3 is 2.64 bits per heavy atom. The number of imidazole rings is 1. The molecule has 1 aromatic carbocycles. The SMILES string of the molecule is CN1CCn2c(-c3ccccc3)nc(C(=O)CCC(C)(C)CO)c2C1. The van der Waals surface area contributed by atoms with Gasteiger partial charge in [-0.3, -0.25) is 9.69 Å². The highest BCUT2D eigenvalue weighted by Gasteiger charge is 2.27. The van der Waals surface area contributed by atoms with Gasteiger partial charge in [0.1, 0.15) is 11.5 Å². The van der Waals surface area contributed by atoms with Crippen molar-refractivity contribution in [1.82, 2.24) is 14.5 Å². The van der Waals surface area contributed by atoms with E-state index in [1.54, 1.807) is 0 Å². The van der Waals surface area contributed by atoms with E-state index in [2.05, 4.69) is 16.5 Å². The van der Waals surface area contributed by atoms with Crippen LogP contribution in [0.5, 0.6) is 0 Å². The minimum absolute atomic E-state index is 0.0720. The van der Waals surface area contributed by atoms with Crippen LogP contribution in [-0.2, 0) is 13.1 Å². The molecule has 3 rings (SSSR count). The summed E-state index contributed by atoms with van der Waals surface area (Å²) in [6.07, 6.45) is 1.07. The van der Waals surface area contributed by atoms with E-state index in [0.717, 1.165) is 36.7 Å². The minimum atomic E-state index is -0.242. The molecule has 1 aromatic heterocycles. The lowest BCUT2D eigenvalue weighted by molar-refractivity contribution is 0.0926. The van der Waals surface area contributed by atoms with Crippen molar-refractivity contribution < 1.29 is 9.90 Å². The second-order valence-electron chi connectivity index (χ2n) is 7.73. The number of carbonyl (C=O) groups is 1. The molecule has 0 spiro atoms. The molecule has 0 saturated carbocycles. The Balaban J connectivity index is 1.94. The summed E-state index contributed by atoms with van der Waals surface area (Å²) in [4.78, 5) is 19.8. The van der Waals surface area contributed by atoms with E-state index in [4.69, 9.17) is 4.98 Å². The highest BCUT2D eigenvalue weighted by Crippen LogP contribution is 2.28. The smallest absolute Gasteiger partial charge is 0.183 e. The molecule has 2 heterocycles. The van der Waals surface area contributed by atoms with Crippen LogP contribution in [0.25, 0.3) is 11.4 Å². The number of aromatic nitrogens is 2. The number of hydrogen-bond acceptors (Lipinski definition) is 4. The summed E-state index contributed by atoms with van der Waals surface area (Å²) in [5.74, 6) is 0.955. The summed E-state index contributed by atoms with van der Waals surface area (Å²) in [6.45, 7) is 6.58. The fourth-order valence-corrected chi connectivity index (χ4v) is 3.17. The number of rotatable bonds is 6. The molecule has 134 valence electrons. The first-order valence-corrected chi connectivity index (χ1v) is 8.89. The number of benzene rings is 1. The molecular weight excluding hydrogens is 314 g/mol.